The van der Waals surface area contributed by atoms with E-state index in [1.807, 2.05) is 0 Å². The van der Waals surface area contributed by atoms with Gasteiger partial charge >= 0.3 is 0 Å². The van der Waals surface area contributed by atoms with Crippen LogP contribution in [0.25, 0.3) is 0 Å². The van der Waals surface area contributed by atoms with E-state index in [4.69, 9.17) is 4.74 Å². The molecule has 2 aromatic carbocycles. The molecule has 0 bridgehead atoms. The average Bonchev–Trinajstić information content (AvgIpc) is 2.48. The fourth-order valence-electron chi connectivity index (χ4n) is 1.74. The van der Waals surface area contributed by atoms with E-state index >= 15 is 0 Å². The van der Waals surface area contributed by atoms with Crippen LogP contribution in [0, 0.1) is 11.6 Å². The van der Waals surface area contributed by atoms with E-state index < -0.39 is 6.10 Å². The second-order valence-electron chi connectivity index (χ2n) is 4.52. The van der Waals surface area contributed by atoms with Crippen LogP contribution in [0.15, 0.2) is 48.5 Å². The average molecular weight is 291 g/mol. The van der Waals surface area contributed by atoms with Gasteiger partial charge in [-0.1, -0.05) is 18.2 Å². The number of hydrogen-bond donors (Lipinski definition) is 1. The summed E-state index contributed by atoms with van der Waals surface area (Å²) in [6, 6.07) is 11.6. The Morgan fingerprint density at radius 3 is 2.48 bits per heavy atom. The molecule has 0 spiro atoms. The number of halogens is 2. The number of carbonyl (C=O) groups is 1. The van der Waals surface area contributed by atoms with Gasteiger partial charge in [0.25, 0.3) is 5.91 Å². The summed E-state index contributed by atoms with van der Waals surface area (Å²) in [4.78, 5) is 11.9. The predicted octanol–water partition coefficient (Wildman–Crippen LogP) is 3.05. The number of rotatable bonds is 5. The molecular weight excluding hydrogens is 276 g/mol. The van der Waals surface area contributed by atoms with Crippen molar-refractivity contribution in [1.29, 1.82) is 0 Å². The minimum Gasteiger partial charge on any atom is -0.481 e. The highest BCUT2D eigenvalue weighted by Crippen LogP contribution is 2.13. The van der Waals surface area contributed by atoms with E-state index in [2.05, 4.69) is 5.32 Å². The molecule has 2 rings (SSSR count). The van der Waals surface area contributed by atoms with Crippen molar-refractivity contribution in [3.8, 4) is 5.75 Å². The largest absolute Gasteiger partial charge is 0.481 e. The molecular formula is C16H15F2NO2. The van der Waals surface area contributed by atoms with E-state index in [1.165, 1.54) is 30.3 Å². The minimum atomic E-state index is -0.762. The van der Waals surface area contributed by atoms with E-state index in [-0.39, 0.29) is 24.1 Å². The minimum absolute atomic E-state index is 0.0859. The molecule has 1 amide bonds. The summed E-state index contributed by atoms with van der Waals surface area (Å²) < 4.78 is 31.5. The fraction of sp³-hybridized carbons (Fsp3) is 0.188. The third-order valence-corrected chi connectivity index (χ3v) is 2.91. The molecule has 2 aromatic rings. The molecule has 0 aliphatic carbocycles. The lowest BCUT2D eigenvalue weighted by atomic mass is 10.2. The summed E-state index contributed by atoms with van der Waals surface area (Å²) >= 11 is 0. The molecule has 1 unspecified atom stereocenters. The molecule has 21 heavy (non-hydrogen) atoms. The van der Waals surface area contributed by atoms with Crippen LogP contribution in [0.1, 0.15) is 12.5 Å². The first-order chi connectivity index (χ1) is 10.1. The molecule has 0 aromatic heterocycles. The highest BCUT2D eigenvalue weighted by Gasteiger charge is 2.14. The first-order valence-corrected chi connectivity index (χ1v) is 6.49. The second kappa shape index (κ2) is 6.83. The zero-order valence-electron chi connectivity index (χ0n) is 11.5. The van der Waals surface area contributed by atoms with Crippen LogP contribution in [-0.4, -0.2) is 12.0 Å². The van der Waals surface area contributed by atoms with Crippen LogP contribution >= 0.6 is 0 Å². The molecule has 0 saturated carbocycles. The summed E-state index contributed by atoms with van der Waals surface area (Å²) in [7, 11) is 0. The zero-order chi connectivity index (χ0) is 15.2. The number of amides is 1. The molecule has 1 N–H and O–H groups in total. The van der Waals surface area contributed by atoms with E-state index in [1.54, 1.807) is 25.1 Å². The highest BCUT2D eigenvalue weighted by atomic mass is 19.1. The SMILES string of the molecule is CC(Oc1ccc(F)cc1)C(=O)NCc1ccccc1F. The third-order valence-electron chi connectivity index (χ3n) is 2.91. The van der Waals surface area contributed by atoms with Crippen LogP contribution in [0.5, 0.6) is 5.75 Å². The van der Waals surface area contributed by atoms with Gasteiger partial charge < -0.3 is 10.1 Å². The molecule has 0 heterocycles. The summed E-state index contributed by atoms with van der Waals surface area (Å²) in [6.07, 6.45) is -0.762. The quantitative estimate of drug-likeness (QED) is 0.919. The van der Waals surface area contributed by atoms with E-state index in [0.717, 1.165) is 0 Å². The molecule has 0 fully saturated rings. The topological polar surface area (TPSA) is 38.3 Å². The molecule has 0 aliphatic heterocycles. The number of nitrogens with one attached hydrogen (secondary N) is 1. The van der Waals surface area contributed by atoms with Crippen molar-refractivity contribution in [3.05, 3.63) is 65.7 Å². The maximum Gasteiger partial charge on any atom is 0.261 e. The Kier molecular flexibility index (Phi) is 4.87. The molecule has 0 radical (unpaired) electrons. The Balaban J connectivity index is 1.88. The molecule has 0 aliphatic rings. The van der Waals surface area contributed by atoms with Gasteiger partial charge in [-0.15, -0.1) is 0 Å². The van der Waals surface area contributed by atoms with Crippen LogP contribution < -0.4 is 10.1 Å². The Morgan fingerprint density at radius 1 is 1.14 bits per heavy atom. The summed E-state index contributed by atoms with van der Waals surface area (Å²) in [5, 5.41) is 2.59. The number of ether oxygens (including phenoxy) is 1. The molecule has 110 valence electrons. The molecule has 5 heteroatoms. The van der Waals surface area contributed by atoms with Gasteiger partial charge in [0.05, 0.1) is 0 Å². The van der Waals surface area contributed by atoms with Crippen molar-refractivity contribution in [2.75, 3.05) is 0 Å². The Hall–Kier alpha value is -2.43. The summed E-state index contributed by atoms with van der Waals surface area (Å²) in [5.41, 5.74) is 0.403. The number of benzene rings is 2. The normalized spacial score (nSPS) is 11.8. The van der Waals surface area contributed by atoms with Crippen molar-refractivity contribution >= 4 is 5.91 Å². The third kappa shape index (κ3) is 4.27. The molecule has 3 nitrogen and oxygen atoms in total. The fourth-order valence-corrected chi connectivity index (χ4v) is 1.74. The first-order valence-electron chi connectivity index (χ1n) is 6.49. The van der Waals surface area contributed by atoms with E-state index in [0.29, 0.717) is 11.3 Å². The lowest BCUT2D eigenvalue weighted by Crippen LogP contribution is -2.36. The Labute approximate surface area is 121 Å². The van der Waals surface area contributed by atoms with Crippen molar-refractivity contribution < 1.29 is 18.3 Å². The number of hydrogen-bond acceptors (Lipinski definition) is 2. The first kappa shape index (κ1) is 15.0. The predicted molar refractivity (Wildman–Crippen MR) is 74.7 cm³/mol. The summed E-state index contributed by atoms with van der Waals surface area (Å²) in [6.45, 7) is 1.66. The van der Waals surface area contributed by atoms with Crippen molar-refractivity contribution in [3.63, 3.8) is 0 Å². The van der Waals surface area contributed by atoms with Gasteiger partial charge in [0, 0.05) is 12.1 Å². The standard InChI is InChI=1S/C16H15F2NO2/c1-11(21-14-8-6-13(17)7-9-14)16(20)19-10-12-4-2-3-5-15(12)18/h2-9,11H,10H2,1H3,(H,19,20). The van der Waals surface area contributed by atoms with Crippen LogP contribution in [0.4, 0.5) is 8.78 Å². The van der Waals surface area contributed by atoms with Gasteiger partial charge in [0.15, 0.2) is 6.10 Å². The zero-order valence-corrected chi connectivity index (χ0v) is 11.5. The van der Waals surface area contributed by atoms with Crippen LogP contribution in [0.3, 0.4) is 0 Å². The van der Waals surface area contributed by atoms with Gasteiger partial charge in [-0.05, 0) is 37.3 Å². The lowest BCUT2D eigenvalue weighted by molar-refractivity contribution is -0.127. The Morgan fingerprint density at radius 2 is 1.81 bits per heavy atom. The lowest BCUT2D eigenvalue weighted by Gasteiger charge is -2.15. The summed E-state index contributed by atoms with van der Waals surface area (Å²) in [5.74, 6) is -0.726. The van der Waals surface area contributed by atoms with Gasteiger partial charge in [0.2, 0.25) is 0 Å². The van der Waals surface area contributed by atoms with Crippen molar-refractivity contribution in [2.24, 2.45) is 0 Å². The maximum atomic E-state index is 13.4. The van der Waals surface area contributed by atoms with E-state index in [9.17, 15) is 13.6 Å². The molecule has 0 saturated heterocycles. The van der Waals surface area contributed by atoms with Gasteiger partial charge in [0.1, 0.15) is 17.4 Å². The highest BCUT2D eigenvalue weighted by molar-refractivity contribution is 5.80. The second-order valence-corrected chi connectivity index (χ2v) is 4.52. The van der Waals surface area contributed by atoms with Crippen molar-refractivity contribution in [2.45, 2.75) is 19.6 Å². The van der Waals surface area contributed by atoms with Gasteiger partial charge in [-0.25, -0.2) is 8.78 Å². The molecule has 1 atom stereocenters. The van der Waals surface area contributed by atoms with Crippen molar-refractivity contribution in [1.82, 2.24) is 5.32 Å². The Bertz CT molecular complexity index is 614. The maximum absolute atomic E-state index is 13.4. The number of carbonyl (C=O) groups excluding carboxylic acids is 1. The van der Waals surface area contributed by atoms with Gasteiger partial charge in [-0.3, -0.25) is 4.79 Å². The van der Waals surface area contributed by atoms with Crippen LogP contribution in [-0.2, 0) is 11.3 Å². The van der Waals surface area contributed by atoms with Crippen LogP contribution in [0.2, 0.25) is 0 Å². The monoisotopic (exact) mass is 291 g/mol. The smallest absolute Gasteiger partial charge is 0.261 e. The van der Waals surface area contributed by atoms with Gasteiger partial charge in [-0.2, -0.15) is 0 Å².